The first-order chi connectivity index (χ1) is 21.2. The maximum absolute atomic E-state index is 13.6. The highest BCUT2D eigenvalue weighted by molar-refractivity contribution is 7.89. The van der Waals surface area contributed by atoms with Crippen LogP contribution in [-0.2, 0) is 26.1 Å². The summed E-state index contributed by atoms with van der Waals surface area (Å²) >= 11 is 0. The summed E-state index contributed by atoms with van der Waals surface area (Å²) in [6, 6.07) is 11.1. The zero-order valence-electron chi connectivity index (χ0n) is 25.4. The van der Waals surface area contributed by atoms with Gasteiger partial charge in [-0.3, -0.25) is 9.69 Å². The van der Waals surface area contributed by atoms with Crippen LogP contribution >= 0.6 is 0 Å². The number of piperidine rings is 1. The Bertz CT molecular complexity index is 1670. The third kappa shape index (κ3) is 9.29. The Labute approximate surface area is 261 Å². The number of hydrogen-bond donors (Lipinski definition) is 3. The van der Waals surface area contributed by atoms with Crippen LogP contribution in [-0.4, -0.2) is 76.0 Å². The van der Waals surface area contributed by atoms with Crippen LogP contribution in [0.15, 0.2) is 47.4 Å². The van der Waals surface area contributed by atoms with E-state index in [1.165, 1.54) is 25.3 Å². The quantitative estimate of drug-likeness (QED) is 0.206. The van der Waals surface area contributed by atoms with Gasteiger partial charge in [0.15, 0.2) is 0 Å². The second kappa shape index (κ2) is 14.4. The predicted octanol–water partition coefficient (Wildman–Crippen LogP) is 4.40. The van der Waals surface area contributed by atoms with Gasteiger partial charge in [-0.25, -0.2) is 13.6 Å². The van der Waals surface area contributed by atoms with Crippen molar-refractivity contribution in [3.63, 3.8) is 0 Å². The van der Waals surface area contributed by atoms with Crippen LogP contribution in [0.5, 0.6) is 5.75 Å². The number of ether oxygens (including phenoxy) is 2. The number of nitrogens with one attached hydrogen (secondary N) is 2. The molecule has 244 valence electrons. The minimum Gasteiger partial charge on any atom is -0.495 e. The van der Waals surface area contributed by atoms with E-state index in [1.807, 2.05) is 6.07 Å². The van der Waals surface area contributed by atoms with Gasteiger partial charge in [0.2, 0.25) is 10.0 Å². The molecule has 10 nitrogen and oxygen atoms in total. The molecule has 2 heterocycles. The molecule has 0 aliphatic carbocycles. The van der Waals surface area contributed by atoms with Gasteiger partial charge in [-0.05, 0) is 49.1 Å². The first kappa shape index (κ1) is 34.0. The molecule has 14 heteroatoms. The van der Waals surface area contributed by atoms with Gasteiger partial charge in [0.25, 0.3) is 0 Å². The number of rotatable bonds is 11. The molecule has 1 fully saturated rings. The zero-order valence-corrected chi connectivity index (χ0v) is 26.2. The number of alkyl halides is 3. The maximum atomic E-state index is 13.6. The highest BCUT2D eigenvalue weighted by Gasteiger charge is 2.30. The smallest absolute Gasteiger partial charge is 0.406 e. The number of aromatic nitrogens is 1. The molecular formula is C31H38F3N5O5S. The van der Waals surface area contributed by atoms with E-state index in [2.05, 4.69) is 27.4 Å². The minimum atomic E-state index is -4.46. The number of halogens is 3. The van der Waals surface area contributed by atoms with Crippen LogP contribution in [0.4, 0.5) is 24.5 Å². The molecular weight excluding hydrogens is 611 g/mol. The number of hydrogen-bond acceptors (Lipinski definition) is 8. The highest BCUT2D eigenvalue weighted by atomic mass is 32.2. The fourth-order valence-electron chi connectivity index (χ4n) is 5.10. The average molecular weight is 650 g/mol. The number of carbonyl (C=O) groups excluding carboxylic acids is 1. The Morgan fingerprint density at radius 3 is 2.51 bits per heavy atom. The summed E-state index contributed by atoms with van der Waals surface area (Å²) in [4.78, 5) is 13.8. The largest absolute Gasteiger partial charge is 0.495 e. The number of carbonyl (C=O) groups is 1. The van der Waals surface area contributed by atoms with Crippen LogP contribution in [0.25, 0.3) is 10.9 Å². The molecule has 1 saturated heterocycles. The Morgan fingerprint density at radius 2 is 1.87 bits per heavy atom. The van der Waals surface area contributed by atoms with Crippen molar-refractivity contribution in [2.75, 3.05) is 50.5 Å². The van der Waals surface area contributed by atoms with Crippen molar-refractivity contribution in [3.05, 3.63) is 48.2 Å². The van der Waals surface area contributed by atoms with Crippen molar-refractivity contribution < 1.29 is 35.9 Å². The molecule has 0 radical (unpaired) electrons. The Hall–Kier alpha value is -3.93. The summed E-state index contributed by atoms with van der Waals surface area (Å²) in [5.41, 5.74) is 1.81. The molecule has 1 aliphatic heterocycles. The number of nitrogens with zero attached hydrogens (tertiary/aromatic N) is 2. The van der Waals surface area contributed by atoms with Crippen molar-refractivity contribution in [2.24, 2.45) is 11.1 Å². The average Bonchev–Trinajstić information content (AvgIpc) is 3.32. The van der Waals surface area contributed by atoms with E-state index < -0.39 is 22.7 Å². The number of benzene rings is 2. The van der Waals surface area contributed by atoms with Crippen LogP contribution in [0, 0.1) is 17.8 Å². The first-order valence-electron chi connectivity index (χ1n) is 14.5. The monoisotopic (exact) mass is 649 g/mol. The van der Waals surface area contributed by atoms with Gasteiger partial charge in [0, 0.05) is 42.8 Å². The SMILES string of the molecule is COc1cc(S(N)(=O)=O)ccc1NCC#Cc1cc2c(NC3CCN(CCOC(=O)C(C)C)CC3)cccc2n1CC(F)(F)F. The third-order valence-electron chi connectivity index (χ3n) is 7.44. The molecule has 4 rings (SSSR count). The van der Waals surface area contributed by atoms with Crippen molar-refractivity contribution in [1.29, 1.82) is 0 Å². The van der Waals surface area contributed by atoms with E-state index in [9.17, 15) is 26.4 Å². The lowest BCUT2D eigenvalue weighted by Gasteiger charge is -2.32. The molecule has 1 aliphatic rings. The molecule has 45 heavy (non-hydrogen) atoms. The van der Waals surface area contributed by atoms with Gasteiger partial charge >= 0.3 is 12.1 Å². The van der Waals surface area contributed by atoms with Gasteiger partial charge in [-0.2, -0.15) is 13.2 Å². The standard InChI is InChI=1S/C31H38F3N5O5S/c1-21(2)30(40)44-17-16-38-14-11-22(12-15-38)37-26-7-4-8-28-25(26)18-23(39(28)20-31(32,33)34)6-5-13-36-27-10-9-24(45(35,41)42)19-29(27)43-3/h4,7-10,18-19,21-22,36-37H,11-17,20H2,1-3H3,(H2,35,41,42). The number of esters is 1. The molecule has 0 saturated carbocycles. The van der Waals surface area contributed by atoms with Crippen LogP contribution in [0.1, 0.15) is 32.4 Å². The molecule has 2 aromatic carbocycles. The van der Waals surface area contributed by atoms with Crippen LogP contribution in [0.3, 0.4) is 0 Å². The third-order valence-corrected chi connectivity index (χ3v) is 8.35. The lowest BCUT2D eigenvalue weighted by atomic mass is 10.0. The van der Waals surface area contributed by atoms with Gasteiger partial charge in [-0.1, -0.05) is 25.8 Å². The molecule has 0 amide bonds. The number of primary sulfonamides is 1. The van der Waals surface area contributed by atoms with Gasteiger partial charge in [0.05, 0.1) is 41.4 Å². The van der Waals surface area contributed by atoms with Crippen molar-refractivity contribution >= 4 is 38.3 Å². The Kier molecular flexibility index (Phi) is 10.9. The second-order valence-corrected chi connectivity index (χ2v) is 12.7. The fourth-order valence-corrected chi connectivity index (χ4v) is 5.62. The molecule has 3 aromatic rings. The summed E-state index contributed by atoms with van der Waals surface area (Å²) in [7, 11) is -2.55. The molecule has 4 N–H and O–H groups in total. The maximum Gasteiger partial charge on any atom is 0.406 e. The van der Waals surface area contributed by atoms with Gasteiger partial charge < -0.3 is 24.7 Å². The van der Waals surface area contributed by atoms with Crippen molar-refractivity contribution in [2.45, 2.75) is 50.3 Å². The minimum absolute atomic E-state index is 0.0545. The van der Waals surface area contributed by atoms with E-state index in [1.54, 1.807) is 32.0 Å². The van der Waals surface area contributed by atoms with Crippen molar-refractivity contribution in [1.82, 2.24) is 9.47 Å². The van der Waals surface area contributed by atoms with Crippen LogP contribution < -0.4 is 20.5 Å². The number of anilines is 2. The lowest BCUT2D eigenvalue weighted by Crippen LogP contribution is -2.40. The topological polar surface area (TPSA) is 128 Å². The summed E-state index contributed by atoms with van der Waals surface area (Å²) in [5.74, 6) is 5.58. The number of nitrogens with two attached hydrogens (primary N) is 1. The molecule has 0 bridgehead atoms. The van der Waals surface area contributed by atoms with Gasteiger partial charge in [0.1, 0.15) is 18.9 Å². The highest BCUT2D eigenvalue weighted by Crippen LogP contribution is 2.31. The molecule has 0 unspecified atom stereocenters. The van der Waals surface area contributed by atoms with E-state index in [0.717, 1.165) is 36.2 Å². The number of sulfonamides is 1. The number of fused-ring (bicyclic) bond motifs is 1. The van der Waals surface area contributed by atoms with E-state index in [0.29, 0.717) is 29.7 Å². The predicted molar refractivity (Wildman–Crippen MR) is 167 cm³/mol. The summed E-state index contributed by atoms with van der Waals surface area (Å²) < 4.78 is 75.8. The second-order valence-electron chi connectivity index (χ2n) is 11.1. The summed E-state index contributed by atoms with van der Waals surface area (Å²) in [6.45, 7) is 5.07. The molecule has 0 atom stereocenters. The van der Waals surface area contributed by atoms with Crippen LogP contribution in [0.2, 0.25) is 0 Å². The van der Waals surface area contributed by atoms with E-state index in [-0.39, 0.29) is 40.8 Å². The lowest BCUT2D eigenvalue weighted by molar-refractivity contribution is -0.147. The summed E-state index contributed by atoms with van der Waals surface area (Å²) in [5, 5.41) is 12.3. The summed E-state index contributed by atoms with van der Waals surface area (Å²) in [6.07, 6.45) is -2.80. The van der Waals surface area contributed by atoms with E-state index in [4.69, 9.17) is 14.6 Å². The number of likely N-dealkylation sites (tertiary alicyclic amines) is 1. The zero-order chi connectivity index (χ0) is 32.8. The normalized spacial score (nSPS) is 14.7. The van der Waals surface area contributed by atoms with E-state index >= 15 is 0 Å². The Morgan fingerprint density at radius 1 is 1.13 bits per heavy atom. The first-order valence-corrected chi connectivity index (χ1v) is 16.1. The van der Waals surface area contributed by atoms with Crippen molar-refractivity contribution in [3.8, 4) is 17.6 Å². The fraction of sp³-hybridized carbons (Fsp3) is 0.452. The van der Waals surface area contributed by atoms with Gasteiger partial charge in [-0.15, -0.1) is 0 Å². The molecule has 0 spiro atoms. The molecule has 1 aromatic heterocycles. The Balaban J connectivity index is 1.47. The number of methoxy groups -OCH3 is 1.